The highest BCUT2D eigenvalue weighted by Crippen LogP contribution is 2.17. The molecule has 3 nitrogen and oxygen atoms in total. The number of aryl methyl sites for hydroxylation is 1. The lowest BCUT2D eigenvalue weighted by atomic mass is 10.3. The smallest absolute Gasteiger partial charge is 0.241 e. The average Bonchev–Trinajstić information content (AvgIpc) is 1.83. The fraction of sp³-hybridized carbons (Fsp3) is 0.167. The molecule has 0 aliphatic rings. The Morgan fingerprint density at radius 3 is 2.58 bits per heavy atom. The topological polar surface area (TPSA) is 47.0 Å². The van der Waals surface area contributed by atoms with Crippen molar-refractivity contribution in [3.63, 3.8) is 0 Å². The first-order chi connectivity index (χ1) is 5.41. The number of nitrogens with zero attached hydrogens (tertiary/aromatic N) is 1. The summed E-state index contributed by atoms with van der Waals surface area (Å²) in [5.41, 5.74) is 0.199. The van der Waals surface area contributed by atoms with Crippen LogP contribution >= 0.6 is 11.6 Å². The van der Waals surface area contributed by atoms with Gasteiger partial charge in [0.15, 0.2) is 5.03 Å². The second kappa shape index (κ2) is 2.99. The first-order valence-corrected chi connectivity index (χ1v) is 4.74. The third-order valence-corrected chi connectivity index (χ3v) is 2.32. The van der Waals surface area contributed by atoms with Crippen LogP contribution in [0.5, 0.6) is 0 Å². The predicted octanol–water partition coefficient (Wildman–Crippen LogP) is 1.70. The van der Waals surface area contributed by atoms with Gasteiger partial charge in [-0.25, -0.2) is 4.98 Å². The number of hydrogen-bond acceptors (Lipinski definition) is 3. The van der Waals surface area contributed by atoms with E-state index >= 15 is 0 Å². The molecule has 0 unspecified atom stereocenters. The molecule has 0 bridgehead atoms. The van der Waals surface area contributed by atoms with E-state index in [1.54, 1.807) is 0 Å². The Morgan fingerprint density at radius 2 is 2.17 bits per heavy atom. The van der Waals surface area contributed by atoms with Crippen molar-refractivity contribution in [1.82, 2.24) is 4.98 Å². The maximum absolute atomic E-state index is 12.4. The molecule has 0 amide bonds. The van der Waals surface area contributed by atoms with E-state index in [4.69, 9.17) is 11.6 Å². The fourth-order valence-corrected chi connectivity index (χ4v) is 1.62. The van der Waals surface area contributed by atoms with Crippen molar-refractivity contribution >= 4 is 21.8 Å². The van der Waals surface area contributed by atoms with Crippen molar-refractivity contribution in [1.29, 1.82) is 0 Å². The maximum Gasteiger partial charge on any atom is 0.350 e. The second-order valence-corrected chi connectivity index (χ2v) is 3.91. The molecule has 1 rings (SSSR count). The molecule has 0 radical (unpaired) electrons. The van der Waals surface area contributed by atoms with Crippen molar-refractivity contribution < 1.29 is 12.3 Å². The highest BCUT2D eigenvalue weighted by molar-refractivity contribution is 7.86. The normalized spacial score (nSPS) is 11.6. The van der Waals surface area contributed by atoms with Gasteiger partial charge in [0.1, 0.15) is 0 Å². The molecule has 0 spiro atoms. The van der Waals surface area contributed by atoms with E-state index in [0.717, 1.165) is 6.20 Å². The van der Waals surface area contributed by atoms with Gasteiger partial charge >= 0.3 is 10.2 Å². The van der Waals surface area contributed by atoms with Gasteiger partial charge in [0.25, 0.3) is 0 Å². The standard InChI is InChI=1S/C6H5ClFNO2S/c1-4-2-5(7)3-9-6(4)12(8,10)11/h2-3H,1H3. The summed E-state index contributed by atoms with van der Waals surface area (Å²) in [5, 5.41) is -0.299. The molecule has 0 N–H and O–H groups in total. The predicted molar refractivity (Wildman–Crippen MR) is 42.3 cm³/mol. The molecule has 1 heterocycles. The van der Waals surface area contributed by atoms with Crippen LogP contribution in [0, 0.1) is 6.92 Å². The molecule has 0 fully saturated rings. The molecule has 0 atom stereocenters. The van der Waals surface area contributed by atoms with E-state index < -0.39 is 15.2 Å². The zero-order valence-electron chi connectivity index (χ0n) is 6.08. The number of hydrogen-bond donors (Lipinski definition) is 0. The van der Waals surface area contributed by atoms with Gasteiger partial charge in [-0.2, -0.15) is 8.42 Å². The molecular formula is C6H5ClFNO2S. The van der Waals surface area contributed by atoms with Crippen molar-refractivity contribution in [3.05, 3.63) is 22.8 Å². The van der Waals surface area contributed by atoms with Crippen LogP contribution in [-0.2, 0) is 10.2 Å². The van der Waals surface area contributed by atoms with Crippen LogP contribution in [0.3, 0.4) is 0 Å². The van der Waals surface area contributed by atoms with Crippen LogP contribution in [0.25, 0.3) is 0 Å². The molecule has 12 heavy (non-hydrogen) atoms. The van der Waals surface area contributed by atoms with Crippen LogP contribution in [0.4, 0.5) is 3.89 Å². The van der Waals surface area contributed by atoms with Gasteiger partial charge in [-0.05, 0) is 18.6 Å². The number of aromatic nitrogens is 1. The summed E-state index contributed by atoms with van der Waals surface area (Å²) >= 11 is 5.49. The Labute approximate surface area is 74.4 Å². The van der Waals surface area contributed by atoms with Crippen LogP contribution in [0.15, 0.2) is 17.3 Å². The molecule has 0 saturated carbocycles. The minimum Gasteiger partial charge on any atom is -0.241 e. The largest absolute Gasteiger partial charge is 0.350 e. The van der Waals surface area contributed by atoms with E-state index in [2.05, 4.69) is 4.98 Å². The minimum absolute atomic E-state index is 0.199. The van der Waals surface area contributed by atoms with Crippen molar-refractivity contribution in [2.24, 2.45) is 0 Å². The van der Waals surface area contributed by atoms with E-state index in [0.29, 0.717) is 0 Å². The van der Waals surface area contributed by atoms with Gasteiger partial charge in [-0.1, -0.05) is 15.5 Å². The summed E-state index contributed by atoms with van der Waals surface area (Å²) in [7, 11) is -4.72. The maximum atomic E-state index is 12.4. The number of halogens is 2. The molecule has 0 saturated heterocycles. The first kappa shape index (κ1) is 9.41. The van der Waals surface area contributed by atoms with Gasteiger partial charge in [0.05, 0.1) is 5.02 Å². The van der Waals surface area contributed by atoms with Crippen LogP contribution in [0.2, 0.25) is 5.02 Å². The lowest BCUT2D eigenvalue weighted by Gasteiger charge is -1.98. The zero-order valence-corrected chi connectivity index (χ0v) is 7.66. The summed E-state index contributed by atoms with van der Waals surface area (Å²) < 4.78 is 33.2. The van der Waals surface area contributed by atoms with Gasteiger partial charge < -0.3 is 0 Å². The lowest BCUT2D eigenvalue weighted by molar-refractivity contribution is 0.547. The Morgan fingerprint density at radius 1 is 1.58 bits per heavy atom. The zero-order chi connectivity index (χ0) is 9.35. The van der Waals surface area contributed by atoms with Crippen LogP contribution < -0.4 is 0 Å². The highest BCUT2D eigenvalue weighted by Gasteiger charge is 2.16. The Hall–Kier alpha value is -0.680. The van der Waals surface area contributed by atoms with Gasteiger partial charge in [-0.3, -0.25) is 0 Å². The van der Waals surface area contributed by atoms with Gasteiger partial charge in [0, 0.05) is 6.20 Å². The molecule has 0 aromatic carbocycles. The van der Waals surface area contributed by atoms with Crippen LogP contribution in [0.1, 0.15) is 5.56 Å². The fourth-order valence-electron chi connectivity index (χ4n) is 0.783. The number of pyridine rings is 1. The number of rotatable bonds is 1. The minimum atomic E-state index is -4.72. The van der Waals surface area contributed by atoms with Gasteiger partial charge in [0.2, 0.25) is 0 Å². The molecular weight excluding hydrogens is 205 g/mol. The summed E-state index contributed by atoms with van der Waals surface area (Å²) in [5.74, 6) is 0. The monoisotopic (exact) mass is 209 g/mol. The van der Waals surface area contributed by atoms with Crippen LogP contribution in [-0.4, -0.2) is 13.4 Å². The van der Waals surface area contributed by atoms with Gasteiger partial charge in [-0.15, -0.1) is 0 Å². The molecule has 1 aromatic heterocycles. The third-order valence-electron chi connectivity index (χ3n) is 1.23. The molecule has 0 aliphatic carbocycles. The molecule has 6 heteroatoms. The molecule has 0 aliphatic heterocycles. The van der Waals surface area contributed by atoms with Crippen molar-refractivity contribution in [2.45, 2.75) is 11.9 Å². The Kier molecular flexibility index (Phi) is 2.34. The van der Waals surface area contributed by atoms with E-state index in [1.165, 1.54) is 13.0 Å². The SMILES string of the molecule is Cc1cc(Cl)cnc1S(=O)(=O)F. The Bertz CT molecular complexity index is 404. The van der Waals surface area contributed by atoms with E-state index in [1.807, 2.05) is 0 Å². The lowest BCUT2D eigenvalue weighted by Crippen LogP contribution is -1.98. The third kappa shape index (κ3) is 1.92. The second-order valence-electron chi connectivity index (χ2n) is 2.21. The van der Waals surface area contributed by atoms with E-state index in [9.17, 15) is 12.3 Å². The summed E-state index contributed by atoms with van der Waals surface area (Å²) in [4.78, 5) is 3.35. The molecule has 66 valence electrons. The molecule has 1 aromatic rings. The highest BCUT2D eigenvalue weighted by atomic mass is 35.5. The van der Waals surface area contributed by atoms with E-state index in [-0.39, 0.29) is 10.6 Å². The summed E-state index contributed by atoms with van der Waals surface area (Å²) in [6, 6.07) is 1.33. The van der Waals surface area contributed by atoms with Crippen molar-refractivity contribution in [3.8, 4) is 0 Å². The quantitative estimate of drug-likeness (QED) is 0.662. The first-order valence-electron chi connectivity index (χ1n) is 2.98. The Balaban J connectivity index is 3.39. The van der Waals surface area contributed by atoms with Crippen molar-refractivity contribution in [2.75, 3.05) is 0 Å². The summed E-state index contributed by atoms with van der Waals surface area (Å²) in [6.07, 6.45) is 1.08. The average molecular weight is 210 g/mol. The summed E-state index contributed by atoms with van der Waals surface area (Å²) in [6.45, 7) is 1.42.